The maximum atomic E-state index is 5.22. The van der Waals surface area contributed by atoms with E-state index in [9.17, 15) is 0 Å². The zero-order valence-corrected chi connectivity index (χ0v) is 25.4. The fourth-order valence-corrected chi connectivity index (χ4v) is 6.86. The molecule has 6 aromatic carbocycles. The number of benzene rings is 6. The number of aromatic nitrogens is 2. The SMILES string of the molecule is CC1(C)c2ccccc2-c2c(-c3ccccc3-c3cc(-c4cccc(-c5ccccc5)c4)nc(-c4ccccc4)n3)cccc21. The quantitative estimate of drug-likeness (QED) is 0.204. The lowest BCUT2D eigenvalue weighted by Gasteiger charge is -2.22. The summed E-state index contributed by atoms with van der Waals surface area (Å²) in [5.41, 5.74) is 15.0. The highest BCUT2D eigenvalue weighted by atomic mass is 14.9. The third kappa shape index (κ3) is 4.67. The van der Waals surface area contributed by atoms with Crippen LogP contribution in [-0.2, 0) is 5.41 Å². The first-order chi connectivity index (χ1) is 22.1. The molecule has 1 aromatic heterocycles. The number of hydrogen-bond donors (Lipinski definition) is 0. The predicted molar refractivity (Wildman–Crippen MR) is 187 cm³/mol. The highest BCUT2D eigenvalue weighted by Gasteiger charge is 2.36. The summed E-state index contributed by atoms with van der Waals surface area (Å²) in [7, 11) is 0. The molecule has 214 valence electrons. The van der Waals surface area contributed by atoms with E-state index in [0.717, 1.165) is 33.6 Å². The Balaban J connectivity index is 1.34. The van der Waals surface area contributed by atoms with Gasteiger partial charge in [0.15, 0.2) is 5.82 Å². The fourth-order valence-electron chi connectivity index (χ4n) is 6.86. The number of fused-ring (bicyclic) bond motifs is 3. The largest absolute Gasteiger partial charge is 0.228 e. The molecule has 45 heavy (non-hydrogen) atoms. The van der Waals surface area contributed by atoms with Gasteiger partial charge in [-0.15, -0.1) is 0 Å². The van der Waals surface area contributed by atoms with Crippen molar-refractivity contribution in [3.05, 3.63) is 169 Å². The topological polar surface area (TPSA) is 25.8 Å². The lowest BCUT2D eigenvalue weighted by Crippen LogP contribution is -2.14. The molecule has 0 amide bonds. The Morgan fingerprint density at radius 2 is 0.911 bits per heavy atom. The zero-order chi connectivity index (χ0) is 30.4. The minimum atomic E-state index is -0.0663. The summed E-state index contributed by atoms with van der Waals surface area (Å²) in [6, 6.07) is 55.8. The lowest BCUT2D eigenvalue weighted by molar-refractivity contribution is 0.660. The van der Waals surface area contributed by atoms with Crippen molar-refractivity contribution in [2.24, 2.45) is 0 Å². The van der Waals surface area contributed by atoms with E-state index < -0.39 is 0 Å². The van der Waals surface area contributed by atoms with Gasteiger partial charge in [0.05, 0.1) is 11.4 Å². The first-order valence-electron chi connectivity index (χ1n) is 15.5. The van der Waals surface area contributed by atoms with Crippen LogP contribution in [0, 0.1) is 0 Å². The van der Waals surface area contributed by atoms with Crippen LogP contribution < -0.4 is 0 Å². The number of rotatable bonds is 5. The van der Waals surface area contributed by atoms with Crippen LogP contribution in [-0.4, -0.2) is 9.97 Å². The van der Waals surface area contributed by atoms with E-state index >= 15 is 0 Å². The van der Waals surface area contributed by atoms with Crippen LogP contribution >= 0.6 is 0 Å². The van der Waals surface area contributed by atoms with Crippen LogP contribution in [0.1, 0.15) is 25.0 Å². The molecule has 1 heterocycles. The van der Waals surface area contributed by atoms with Crippen LogP contribution in [0.15, 0.2) is 158 Å². The van der Waals surface area contributed by atoms with E-state index in [-0.39, 0.29) is 5.41 Å². The summed E-state index contributed by atoms with van der Waals surface area (Å²) in [6.07, 6.45) is 0. The van der Waals surface area contributed by atoms with Crippen molar-refractivity contribution < 1.29 is 0 Å². The second-order valence-electron chi connectivity index (χ2n) is 12.2. The van der Waals surface area contributed by atoms with E-state index in [0.29, 0.717) is 5.82 Å². The molecule has 0 fully saturated rings. The molecular formula is C43H32N2. The number of hydrogen-bond acceptors (Lipinski definition) is 2. The summed E-state index contributed by atoms with van der Waals surface area (Å²) in [6.45, 7) is 4.67. The third-order valence-corrected chi connectivity index (χ3v) is 9.12. The fraction of sp³-hybridized carbons (Fsp3) is 0.0698. The summed E-state index contributed by atoms with van der Waals surface area (Å²) < 4.78 is 0. The predicted octanol–water partition coefficient (Wildman–Crippen LogP) is 11.1. The minimum absolute atomic E-state index is 0.0663. The Bertz CT molecular complexity index is 2180. The Kier molecular flexibility index (Phi) is 6.50. The molecule has 0 saturated heterocycles. The highest BCUT2D eigenvalue weighted by Crippen LogP contribution is 2.52. The standard InChI is InChI=1S/C43H32N2/c1-43(2)37-25-12-11-23-36(37)41-35(24-14-26-38(41)43)33-21-9-10-22-34(33)40-28-39(44-42(45-40)30-17-7-4-8-18-30)32-20-13-19-31(27-32)29-15-5-3-6-16-29/h3-28H,1-2H3. The average Bonchev–Trinajstić information content (AvgIpc) is 3.35. The first kappa shape index (κ1) is 27.0. The van der Waals surface area contributed by atoms with Crippen LogP contribution in [0.25, 0.3) is 67.3 Å². The van der Waals surface area contributed by atoms with Crippen molar-refractivity contribution in [2.75, 3.05) is 0 Å². The lowest BCUT2D eigenvalue weighted by atomic mass is 9.81. The first-order valence-corrected chi connectivity index (χ1v) is 15.5. The smallest absolute Gasteiger partial charge is 0.160 e. The van der Waals surface area contributed by atoms with Gasteiger partial charge in [-0.25, -0.2) is 9.97 Å². The molecule has 0 bridgehead atoms. The highest BCUT2D eigenvalue weighted by molar-refractivity contribution is 5.96. The molecule has 7 aromatic rings. The molecule has 2 heteroatoms. The maximum Gasteiger partial charge on any atom is 0.160 e. The molecule has 0 aliphatic heterocycles. The molecule has 0 unspecified atom stereocenters. The molecule has 1 aliphatic rings. The summed E-state index contributed by atoms with van der Waals surface area (Å²) >= 11 is 0. The van der Waals surface area contributed by atoms with E-state index in [4.69, 9.17) is 9.97 Å². The molecule has 0 spiro atoms. The summed E-state index contributed by atoms with van der Waals surface area (Å²) in [5, 5.41) is 0. The third-order valence-electron chi connectivity index (χ3n) is 9.12. The Hall–Kier alpha value is -5.60. The molecule has 8 rings (SSSR count). The molecule has 1 aliphatic carbocycles. The van der Waals surface area contributed by atoms with E-state index in [1.165, 1.54) is 38.9 Å². The van der Waals surface area contributed by atoms with Crippen molar-refractivity contribution >= 4 is 0 Å². The Morgan fingerprint density at radius 3 is 1.69 bits per heavy atom. The van der Waals surface area contributed by atoms with Gasteiger partial charge in [-0.1, -0.05) is 159 Å². The maximum absolute atomic E-state index is 5.22. The normalized spacial score (nSPS) is 12.8. The molecule has 0 atom stereocenters. The van der Waals surface area contributed by atoms with Crippen molar-refractivity contribution in [3.63, 3.8) is 0 Å². The molecule has 2 nitrogen and oxygen atoms in total. The van der Waals surface area contributed by atoms with E-state index in [1.807, 2.05) is 18.2 Å². The Labute approximate surface area is 264 Å². The van der Waals surface area contributed by atoms with Crippen molar-refractivity contribution in [1.29, 1.82) is 0 Å². The molecule has 0 saturated carbocycles. The Morgan fingerprint density at radius 1 is 0.378 bits per heavy atom. The van der Waals surface area contributed by atoms with Crippen LogP contribution in [0.2, 0.25) is 0 Å². The number of nitrogens with zero attached hydrogens (tertiary/aromatic N) is 2. The summed E-state index contributed by atoms with van der Waals surface area (Å²) in [4.78, 5) is 10.4. The average molecular weight is 577 g/mol. The van der Waals surface area contributed by atoms with Gasteiger partial charge < -0.3 is 0 Å². The van der Waals surface area contributed by atoms with Crippen LogP contribution in [0.5, 0.6) is 0 Å². The van der Waals surface area contributed by atoms with Crippen LogP contribution in [0.4, 0.5) is 0 Å². The van der Waals surface area contributed by atoms with Gasteiger partial charge in [-0.05, 0) is 56.6 Å². The monoisotopic (exact) mass is 576 g/mol. The van der Waals surface area contributed by atoms with Crippen molar-refractivity contribution in [1.82, 2.24) is 9.97 Å². The van der Waals surface area contributed by atoms with E-state index in [2.05, 4.69) is 153 Å². The van der Waals surface area contributed by atoms with Crippen molar-refractivity contribution in [3.8, 4) is 67.3 Å². The van der Waals surface area contributed by atoms with Gasteiger partial charge in [-0.2, -0.15) is 0 Å². The van der Waals surface area contributed by atoms with Crippen molar-refractivity contribution in [2.45, 2.75) is 19.3 Å². The van der Waals surface area contributed by atoms with E-state index in [1.54, 1.807) is 0 Å². The van der Waals surface area contributed by atoms with Gasteiger partial charge >= 0.3 is 0 Å². The molecule has 0 N–H and O–H groups in total. The van der Waals surface area contributed by atoms with Gasteiger partial charge in [-0.3, -0.25) is 0 Å². The van der Waals surface area contributed by atoms with Crippen LogP contribution in [0.3, 0.4) is 0 Å². The molecular weight excluding hydrogens is 544 g/mol. The molecule has 0 radical (unpaired) electrons. The zero-order valence-electron chi connectivity index (χ0n) is 25.4. The second kappa shape index (κ2) is 10.8. The summed E-state index contributed by atoms with van der Waals surface area (Å²) in [5.74, 6) is 0.716. The minimum Gasteiger partial charge on any atom is -0.228 e. The van der Waals surface area contributed by atoms with Gasteiger partial charge in [0, 0.05) is 22.1 Å². The van der Waals surface area contributed by atoms with Gasteiger partial charge in [0.2, 0.25) is 0 Å². The van der Waals surface area contributed by atoms with Gasteiger partial charge in [0.25, 0.3) is 0 Å². The second-order valence-corrected chi connectivity index (χ2v) is 12.2. The van der Waals surface area contributed by atoms with Gasteiger partial charge in [0.1, 0.15) is 0 Å².